The molecule has 1 unspecified atom stereocenters. The van der Waals surface area contributed by atoms with E-state index in [9.17, 15) is 13.2 Å². The first-order valence-corrected chi connectivity index (χ1v) is 9.45. The normalized spacial score (nSPS) is 13.1. The maximum Gasteiger partial charge on any atom is 0.416 e. The van der Waals surface area contributed by atoms with Crippen LogP contribution in [0, 0.1) is 0 Å². The smallest absolute Gasteiger partial charge is 0.416 e. The molecular weight excluding hydrogens is 455 g/mol. The first kappa shape index (κ1) is 21.2. The summed E-state index contributed by atoms with van der Waals surface area (Å²) in [5.41, 5.74) is 0.279. The number of hydrogen-bond donors (Lipinski definition) is 2. The molecule has 2 heterocycles. The summed E-state index contributed by atoms with van der Waals surface area (Å²) in [5, 5.41) is 21.9. The molecule has 0 fully saturated rings. The van der Waals surface area contributed by atoms with Crippen LogP contribution in [0.3, 0.4) is 0 Å². The van der Waals surface area contributed by atoms with E-state index in [1.807, 2.05) is 13.8 Å². The molecule has 0 amide bonds. The number of rotatable bonds is 7. The lowest BCUT2D eigenvalue weighted by Crippen LogP contribution is -2.27. The van der Waals surface area contributed by atoms with Gasteiger partial charge in [0.25, 0.3) is 0 Å². The summed E-state index contributed by atoms with van der Waals surface area (Å²) in [6, 6.07) is 3.04. The molecule has 8 nitrogen and oxygen atoms in total. The highest BCUT2D eigenvalue weighted by molar-refractivity contribution is 9.10. The van der Waals surface area contributed by atoms with Crippen molar-refractivity contribution < 1.29 is 17.9 Å². The molecule has 1 atom stereocenters. The molecule has 0 aliphatic carbocycles. The minimum atomic E-state index is -4.48. The molecule has 3 rings (SSSR count). The monoisotopic (exact) mass is 473 g/mol. The summed E-state index contributed by atoms with van der Waals surface area (Å²) < 4.78 is 46.9. The standard InChI is InChI=1S/C17H19BrF3N7O/c1-9(2)28-16(25-26-27-28)15(14-13(18)8-23-24-14)22-7-10-4-11(17(19,20)21)6-12(5-10)29-3/h4-6,8-9,15,22H,7H2,1-3H3,(H,23,24). The Morgan fingerprint density at radius 2 is 2.03 bits per heavy atom. The molecule has 0 bridgehead atoms. The van der Waals surface area contributed by atoms with Crippen LogP contribution in [0.1, 0.15) is 48.6 Å². The molecule has 156 valence electrons. The lowest BCUT2D eigenvalue weighted by Gasteiger charge is -2.19. The molecule has 0 radical (unpaired) electrons. The number of methoxy groups -OCH3 is 1. The molecule has 0 saturated heterocycles. The Balaban J connectivity index is 1.94. The molecule has 2 aromatic heterocycles. The van der Waals surface area contributed by atoms with Crippen molar-refractivity contribution in [2.75, 3.05) is 7.11 Å². The van der Waals surface area contributed by atoms with Gasteiger partial charge in [-0.25, -0.2) is 4.68 Å². The van der Waals surface area contributed by atoms with E-state index in [2.05, 4.69) is 47.0 Å². The predicted molar refractivity (Wildman–Crippen MR) is 101 cm³/mol. The number of aromatic amines is 1. The van der Waals surface area contributed by atoms with Crippen molar-refractivity contribution in [3.05, 3.63) is 51.5 Å². The van der Waals surface area contributed by atoms with E-state index in [-0.39, 0.29) is 18.3 Å². The van der Waals surface area contributed by atoms with E-state index in [1.165, 1.54) is 7.11 Å². The predicted octanol–water partition coefficient (Wildman–Crippen LogP) is 3.65. The van der Waals surface area contributed by atoms with Gasteiger partial charge in [0.2, 0.25) is 0 Å². The summed E-state index contributed by atoms with van der Waals surface area (Å²) in [6.07, 6.45) is -2.89. The summed E-state index contributed by atoms with van der Waals surface area (Å²) in [6.45, 7) is 3.97. The van der Waals surface area contributed by atoms with Gasteiger partial charge in [0.05, 0.1) is 35.1 Å². The van der Waals surface area contributed by atoms with Crippen LogP contribution in [0.4, 0.5) is 13.2 Å². The molecular formula is C17H19BrF3N7O. The van der Waals surface area contributed by atoms with Crippen molar-refractivity contribution in [3.63, 3.8) is 0 Å². The average Bonchev–Trinajstić information content (AvgIpc) is 3.31. The van der Waals surface area contributed by atoms with Gasteiger partial charge in [-0.3, -0.25) is 10.4 Å². The minimum absolute atomic E-state index is 0.0142. The number of benzene rings is 1. The second kappa shape index (κ2) is 8.49. The van der Waals surface area contributed by atoms with Gasteiger partial charge in [-0.2, -0.15) is 18.3 Å². The molecule has 1 aromatic carbocycles. The molecule has 12 heteroatoms. The zero-order valence-corrected chi connectivity index (χ0v) is 17.4. The Labute approximate surface area is 173 Å². The Morgan fingerprint density at radius 1 is 1.28 bits per heavy atom. The molecule has 29 heavy (non-hydrogen) atoms. The Bertz CT molecular complexity index is 970. The second-order valence-electron chi connectivity index (χ2n) is 6.59. The van der Waals surface area contributed by atoms with Gasteiger partial charge in [0, 0.05) is 6.54 Å². The minimum Gasteiger partial charge on any atom is -0.497 e. The van der Waals surface area contributed by atoms with Crippen LogP contribution < -0.4 is 10.1 Å². The van der Waals surface area contributed by atoms with E-state index in [0.717, 1.165) is 12.1 Å². The Hall–Kier alpha value is -2.47. The van der Waals surface area contributed by atoms with Gasteiger partial charge in [-0.1, -0.05) is 0 Å². The van der Waals surface area contributed by atoms with E-state index in [1.54, 1.807) is 16.9 Å². The lowest BCUT2D eigenvalue weighted by atomic mass is 10.1. The van der Waals surface area contributed by atoms with Crippen LogP contribution in [0.25, 0.3) is 0 Å². The van der Waals surface area contributed by atoms with Gasteiger partial charge in [0.1, 0.15) is 11.8 Å². The lowest BCUT2D eigenvalue weighted by molar-refractivity contribution is -0.137. The highest BCUT2D eigenvalue weighted by Gasteiger charge is 2.32. The second-order valence-corrected chi connectivity index (χ2v) is 7.44. The third kappa shape index (κ3) is 4.75. The molecule has 0 saturated carbocycles. The van der Waals surface area contributed by atoms with E-state index >= 15 is 0 Å². The fourth-order valence-corrected chi connectivity index (χ4v) is 3.25. The van der Waals surface area contributed by atoms with Crippen LogP contribution in [0.5, 0.6) is 5.75 Å². The number of H-pyrrole nitrogens is 1. The van der Waals surface area contributed by atoms with Crippen LogP contribution in [-0.2, 0) is 12.7 Å². The van der Waals surface area contributed by atoms with Gasteiger partial charge in [0.15, 0.2) is 5.82 Å². The van der Waals surface area contributed by atoms with Crippen molar-refractivity contribution >= 4 is 15.9 Å². The Kier molecular flexibility index (Phi) is 6.22. The summed E-state index contributed by atoms with van der Waals surface area (Å²) in [4.78, 5) is 0. The van der Waals surface area contributed by atoms with Crippen LogP contribution in [0.2, 0.25) is 0 Å². The summed E-state index contributed by atoms with van der Waals surface area (Å²) in [5.74, 6) is 0.631. The Morgan fingerprint density at radius 3 is 2.62 bits per heavy atom. The zero-order valence-electron chi connectivity index (χ0n) is 15.8. The number of tetrazole rings is 1. The van der Waals surface area contributed by atoms with Gasteiger partial charge >= 0.3 is 6.18 Å². The number of nitrogens with zero attached hydrogens (tertiary/aromatic N) is 5. The van der Waals surface area contributed by atoms with Gasteiger partial charge < -0.3 is 4.74 Å². The number of nitrogens with one attached hydrogen (secondary N) is 2. The van der Waals surface area contributed by atoms with E-state index in [0.29, 0.717) is 21.6 Å². The molecule has 0 aliphatic rings. The maximum atomic E-state index is 13.2. The number of halogens is 4. The molecule has 0 aliphatic heterocycles. The quantitative estimate of drug-likeness (QED) is 0.543. The fraction of sp³-hybridized carbons (Fsp3) is 0.412. The van der Waals surface area contributed by atoms with Crippen LogP contribution in [-0.4, -0.2) is 37.5 Å². The third-order valence-corrected chi connectivity index (χ3v) is 4.85. The van der Waals surface area contributed by atoms with Crippen molar-refractivity contribution in [1.82, 2.24) is 35.7 Å². The number of alkyl halides is 3. The van der Waals surface area contributed by atoms with Crippen molar-refractivity contribution in [1.29, 1.82) is 0 Å². The largest absolute Gasteiger partial charge is 0.497 e. The molecule has 2 N–H and O–H groups in total. The number of aromatic nitrogens is 6. The first-order chi connectivity index (χ1) is 13.7. The third-order valence-electron chi connectivity index (χ3n) is 4.21. The SMILES string of the molecule is COc1cc(CNC(c2[nH]ncc2Br)c2nnnn2C(C)C)cc(C(F)(F)F)c1. The highest BCUT2D eigenvalue weighted by atomic mass is 79.9. The summed E-state index contributed by atoms with van der Waals surface area (Å²) >= 11 is 3.42. The van der Waals surface area contributed by atoms with E-state index < -0.39 is 17.8 Å². The van der Waals surface area contributed by atoms with Crippen molar-refractivity contribution in [3.8, 4) is 5.75 Å². The zero-order chi connectivity index (χ0) is 21.2. The molecule has 0 spiro atoms. The van der Waals surface area contributed by atoms with Crippen LogP contribution in [0.15, 0.2) is 28.9 Å². The maximum absolute atomic E-state index is 13.2. The first-order valence-electron chi connectivity index (χ1n) is 8.65. The summed E-state index contributed by atoms with van der Waals surface area (Å²) in [7, 11) is 1.33. The number of ether oxygens (including phenoxy) is 1. The van der Waals surface area contributed by atoms with Gasteiger partial charge in [-0.05, 0) is 64.0 Å². The van der Waals surface area contributed by atoms with E-state index in [4.69, 9.17) is 4.74 Å². The van der Waals surface area contributed by atoms with Crippen molar-refractivity contribution in [2.45, 2.75) is 38.7 Å². The van der Waals surface area contributed by atoms with Crippen LogP contribution >= 0.6 is 15.9 Å². The fourth-order valence-electron chi connectivity index (χ4n) is 2.83. The number of hydrogen-bond acceptors (Lipinski definition) is 6. The van der Waals surface area contributed by atoms with Gasteiger partial charge in [-0.15, -0.1) is 5.10 Å². The van der Waals surface area contributed by atoms with Crippen molar-refractivity contribution in [2.24, 2.45) is 0 Å². The topological polar surface area (TPSA) is 93.5 Å². The highest BCUT2D eigenvalue weighted by Crippen LogP contribution is 2.33. The molecule has 3 aromatic rings. The average molecular weight is 474 g/mol.